The molecule has 2 heteroatoms. The molecule has 0 atom stereocenters. The smallest absolute Gasteiger partial charge is 0.228 e. The van der Waals surface area contributed by atoms with Crippen LogP contribution in [0, 0.1) is 20.1 Å². The molecule has 1 aromatic rings. The lowest BCUT2D eigenvalue weighted by Gasteiger charge is -1.93. The maximum atomic E-state index is 6.76. The first-order chi connectivity index (χ1) is 5.77. The number of hydrogen-bond acceptors (Lipinski definition) is 0. The number of benzene rings is 1. The van der Waals surface area contributed by atoms with Crippen LogP contribution in [0.4, 0.5) is 0 Å². The Labute approximate surface area is 72.1 Å². The molecule has 0 saturated carbocycles. The van der Waals surface area contributed by atoms with Crippen LogP contribution in [0.15, 0.2) is 24.3 Å². The number of nitrogens with zero attached hydrogens (tertiary/aromatic N) is 2. The minimum absolute atomic E-state index is 0.661. The second-order valence-corrected chi connectivity index (χ2v) is 2.54. The first-order valence-electron chi connectivity index (χ1n) is 3.57. The highest BCUT2D eigenvalue weighted by atomic mass is 14.9. The molecule has 0 aliphatic heterocycles. The summed E-state index contributed by atoms with van der Waals surface area (Å²) in [7, 11) is 0. The molecule has 2 nitrogen and oxygen atoms in total. The third kappa shape index (κ3) is 1.62. The van der Waals surface area contributed by atoms with E-state index in [9.17, 15) is 0 Å². The van der Waals surface area contributed by atoms with Crippen molar-refractivity contribution in [2.45, 2.75) is 13.1 Å². The number of rotatable bonds is 1. The average Bonchev–Trinajstić information content (AvgIpc) is 2.10. The number of hydrogen-bond donors (Lipinski definition) is 0. The Morgan fingerprint density at radius 1 is 1.08 bits per heavy atom. The zero-order valence-electron chi connectivity index (χ0n) is 6.78. The van der Waals surface area contributed by atoms with Crippen LogP contribution in [0.5, 0.6) is 0 Å². The quantitative estimate of drug-likeness (QED) is 0.553. The van der Waals surface area contributed by atoms with Crippen molar-refractivity contribution in [3.63, 3.8) is 0 Å². The van der Waals surface area contributed by atoms with Crippen LogP contribution >= 0.6 is 0 Å². The molecule has 0 aromatic heterocycles. The topological polar surface area (TPSA) is 8.72 Å². The van der Waals surface area contributed by atoms with Crippen LogP contribution in [-0.2, 0) is 0 Å². The van der Waals surface area contributed by atoms with Gasteiger partial charge in [0.05, 0.1) is 0 Å². The van der Waals surface area contributed by atoms with Gasteiger partial charge in [-0.1, -0.05) is 17.7 Å². The third-order valence-corrected chi connectivity index (χ3v) is 1.62. The van der Waals surface area contributed by atoms with E-state index in [4.69, 9.17) is 13.1 Å². The van der Waals surface area contributed by atoms with Gasteiger partial charge >= 0.3 is 6.17 Å². The summed E-state index contributed by atoms with van der Waals surface area (Å²) in [6, 6.07) is 7.49. The van der Waals surface area contributed by atoms with Gasteiger partial charge in [-0.25, -0.2) is 22.8 Å². The lowest BCUT2D eigenvalue weighted by Crippen LogP contribution is -1.85. The van der Waals surface area contributed by atoms with Crippen LogP contribution in [-0.4, -0.2) is 0 Å². The Hall–Kier alpha value is -1.80. The van der Waals surface area contributed by atoms with Gasteiger partial charge in [0.2, 0.25) is 0 Å². The molecule has 0 saturated heterocycles. The second-order valence-electron chi connectivity index (χ2n) is 2.54. The van der Waals surface area contributed by atoms with Crippen molar-refractivity contribution < 1.29 is 0 Å². The third-order valence-electron chi connectivity index (χ3n) is 1.62. The predicted octanol–water partition coefficient (Wildman–Crippen LogP) is 2.83. The van der Waals surface area contributed by atoms with Crippen LogP contribution in [0.1, 0.15) is 17.3 Å². The Balaban J connectivity index is 2.99. The fourth-order valence-corrected chi connectivity index (χ4v) is 0.917. The van der Waals surface area contributed by atoms with Crippen LogP contribution < -0.4 is 0 Å². The molecule has 0 aliphatic carbocycles. The Morgan fingerprint density at radius 2 is 1.58 bits per heavy atom. The van der Waals surface area contributed by atoms with E-state index in [1.54, 1.807) is 0 Å². The zero-order chi connectivity index (χ0) is 8.97. The summed E-state index contributed by atoms with van der Waals surface area (Å²) in [6.45, 7) is 15.5. The molecular formula is C10H8N2. The normalized spacial score (nSPS) is 9.00. The summed E-state index contributed by atoms with van der Waals surface area (Å²) < 4.78 is 0. The molecule has 0 amide bonds. The maximum Gasteiger partial charge on any atom is 0.502 e. The van der Waals surface area contributed by atoms with Gasteiger partial charge in [-0.15, -0.1) is 0 Å². The van der Waals surface area contributed by atoms with Gasteiger partial charge in [0, 0.05) is 0 Å². The SMILES string of the molecule is [C-]#[N+]C([N+]#[C-])c1ccc(C)cc1. The molecule has 0 spiro atoms. The molecule has 0 N–H and O–H groups in total. The van der Waals surface area contributed by atoms with Crippen LogP contribution in [0.25, 0.3) is 9.69 Å². The van der Waals surface area contributed by atoms with Crippen molar-refractivity contribution in [2.24, 2.45) is 0 Å². The standard InChI is InChI=1S/C10H8N2/c1-8-4-6-9(7-5-8)10(11-2)12-3/h4-7,10H,1H3. The van der Waals surface area contributed by atoms with Crippen molar-refractivity contribution in [2.75, 3.05) is 0 Å². The van der Waals surface area contributed by atoms with E-state index in [0.717, 1.165) is 11.1 Å². The first-order valence-corrected chi connectivity index (χ1v) is 3.57. The molecule has 0 aliphatic rings. The average molecular weight is 156 g/mol. The Bertz CT molecular complexity index is 324. The van der Waals surface area contributed by atoms with E-state index in [2.05, 4.69) is 9.69 Å². The van der Waals surface area contributed by atoms with E-state index in [1.165, 1.54) is 0 Å². The second kappa shape index (κ2) is 3.55. The molecule has 58 valence electrons. The Morgan fingerprint density at radius 3 is 2.00 bits per heavy atom. The predicted molar refractivity (Wildman–Crippen MR) is 47.1 cm³/mol. The van der Waals surface area contributed by atoms with Gasteiger partial charge in [0.1, 0.15) is 5.56 Å². The first kappa shape index (κ1) is 8.30. The van der Waals surface area contributed by atoms with E-state index in [1.807, 2.05) is 31.2 Å². The monoisotopic (exact) mass is 156 g/mol. The molecule has 1 aromatic carbocycles. The largest absolute Gasteiger partial charge is 0.502 e. The fraction of sp³-hybridized carbons (Fsp3) is 0.200. The summed E-state index contributed by atoms with van der Waals surface area (Å²) in [4.78, 5) is 6.40. The molecule has 1 rings (SSSR count). The van der Waals surface area contributed by atoms with Crippen LogP contribution in [0.2, 0.25) is 0 Å². The summed E-state index contributed by atoms with van der Waals surface area (Å²) in [5.74, 6) is 0. The van der Waals surface area contributed by atoms with Gasteiger partial charge in [-0.05, 0) is 19.1 Å². The lowest BCUT2D eigenvalue weighted by atomic mass is 10.1. The molecule has 0 heterocycles. The molecule has 0 radical (unpaired) electrons. The fourth-order valence-electron chi connectivity index (χ4n) is 0.917. The lowest BCUT2D eigenvalue weighted by molar-refractivity contribution is 1.07. The molecule has 0 unspecified atom stereocenters. The molecule has 0 bridgehead atoms. The molecule has 0 fully saturated rings. The van der Waals surface area contributed by atoms with Gasteiger partial charge in [-0.2, -0.15) is 0 Å². The zero-order valence-corrected chi connectivity index (χ0v) is 6.78. The van der Waals surface area contributed by atoms with Gasteiger partial charge in [0.15, 0.2) is 0 Å². The summed E-state index contributed by atoms with van der Waals surface area (Å²) in [5.41, 5.74) is 1.93. The van der Waals surface area contributed by atoms with Crippen LogP contribution in [0.3, 0.4) is 0 Å². The van der Waals surface area contributed by atoms with Gasteiger partial charge in [0.25, 0.3) is 0 Å². The van der Waals surface area contributed by atoms with Gasteiger partial charge in [-0.3, -0.25) is 0 Å². The van der Waals surface area contributed by atoms with Crippen molar-refractivity contribution in [3.05, 3.63) is 58.2 Å². The highest BCUT2D eigenvalue weighted by Crippen LogP contribution is 2.18. The summed E-state index contributed by atoms with van der Waals surface area (Å²) in [6.07, 6.45) is -0.661. The minimum Gasteiger partial charge on any atom is -0.228 e. The molecular weight excluding hydrogens is 148 g/mol. The van der Waals surface area contributed by atoms with Crippen molar-refractivity contribution in [3.8, 4) is 0 Å². The Kier molecular flexibility index (Phi) is 2.46. The maximum absolute atomic E-state index is 6.76. The summed E-state index contributed by atoms with van der Waals surface area (Å²) in [5, 5.41) is 0. The van der Waals surface area contributed by atoms with Gasteiger partial charge < -0.3 is 0 Å². The van der Waals surface area contributed by atoms with Crippen molar-refractivity contribution in [1.82, 2.24) is 0 Å². The van der Waals surface area contributed by atoms with E-state index in [0.29, 0.717) is 0 Å². The summed E-state index contributed by atoms with van der Waals surface area (Å²) >= 11 is 0. The van der Waals surface area contributed by atoms with Crippen molar-refractivity contribution >= 4 is 0 Å². The van der Waals surface area contributed by atoms with Crippen molar-refractivity contribution in [1.29, 1.82) is 0 Å². The minimum atomic E-state index is -0.661. The highest BCUT2D eigenvalue weighted by Gasteiger charge is 2.17. The van der Waals surface area contributed by atoms with E-state index >= 15 is 0 Å². The van der Waals surface area contributed by atoms with E-state index in [-0.39, 0.29) is 0 Å². The number of aryl methyl sites for hydroxylation is 1. The molecule has 12 heavy (non-hydrogen) atoms. The van der Waals surface area contributed by atoms with E-state index < -0.39 is 6.17 Å². The highest BCUT2D eigenvalue weighted by molar-refractivity contribution is 5.27.